The monoisotopic (exact) mass is 216 g/mol. The summed E-state index contributed by atoms with van der Waals surface area (Å²) in [6, 6.07) is 10.1. The van der Waals surface area contributed by atoms with Gasteiger partial charge in [0, 0.05) is 17.6 Å². The molecule has 0 aliphatic heterocycles. The quantitative estimate of drug-likeness (QED) is 0.853. The van der Waals surface area contributed by atoms with Crippen molar-refractivity contribution in [2.45, 2.75) is 19.4 Å². The van der Waals surface area contributed by atoms with E-state index in [9.17, 15) is 0 Å². The largest absolute Gasteiger partial charge is 0.491 e. The molecule has 0 amide bonds. The highest BCUT2D eigenvalue weighted by Crippen LogP contribution is 2.22. The first-order chi connectivity index (χ1) is 7.77. The number of pyridine rings is 1. The molecule has 0 aliphatic rings. The normalized spacial score (nSPS) is 12.6. The van der Waals surface area contributed by atoms with Gasteiger partial charge < -0.3 is 10.5 Å². The third-order valence-electron chi connectivity index (χ3n) is 2.43. The summed E-state index contributed by atoms with van der Waals surface area (Å²) in [5, 5.41) is 1.10. The summed E-state index contributed by atoms with van der Waals surface area (Å²) in [7, 11) is 0. The van der Waals surface area contributed by atoms with Gasteiger partial charge in [0.25, 0.3) is 0 Å². The number of aromatic nitrogens is 1. The summed E-state index contributed by atoms with van der Waals surface area (Å²) in [5.41, 5.74) is 6.59. The molecular weight excluding hydrogens is 200 g/mol. The van der Waals surface area contributed by atoms with Crippen molar-refractivity contribution in [2.24, 2.45) is 5.73 Å². The predicted molar refractivity (Wildman–Crippen MR) is 65.5 cm³/mol. The van der Waals surface area contributed by atoms with Gasteiger partial charge in [0.2, 0.25) is 0 Å². The first kappa shape index (κ1) is 10.9. The van der Waals surface area contributed by atoms with Crippen LogP contribution in [0.2, 0.25) is 0 Å². The third-order valence-corrected chi connectivity index (χ3v) is 2.43. The van der Waals surface area contributed by atoms with Crippen LogP contribution in [0.25, 0.3) is 10.9 Å². The maximum atomic E-state index is 5.69. The SMILES string of the molecule is CC(N)CCOc1cccc2cccnc12. The minimum Gasteiger partial charge on any atom is -0.491 e. The number of hydrogen-bond donors (Lipinski definition) is 1. The third kappa shape index (κ3) is 2.49. The second kappa shape index (κ2) is 4.94. The first-order valence-electron chi connectivity index (χ1n) is 5.49. The molecule has 16 heavy (non-hydrogen) atoms. The summed E-state index contributed by atoms with van der Waals surface area (Å²) in [6.07, 6.45) is 2.63. The van der Waals surface area contributed by atoms with Crippen LogP contribution in [-0.4, -0.2) is 17.6 Å². The Kier molecular flexibility index (Phi) is 3.37. The summed E-state index contributed by atoms with van der Waals surface area (Å²) in [6.45, 7) is 2.61. The van der Waals surface area contributed by atoms with Crippen LogP contribution in [0.5, 0.6) is 5.75 Å². The van der Waals surface area contributed by atoms with Gasteiger partial charge >= 0.3 is 0 Å². The van der Waals surface area contributed by atoms with Crippen molar-refractivity contribution >= 4 is 10.9 Å². The van der Waals surface area contributed by atoms with Gasteiger partial charge in [-0.15, -0.1) is 0 Å². The zero-order valence-corrected chi connectivity index (χ0v) is 9.39. The number of hydrogen-bond acceptors (Lipinski definition) is 3. The molecule has 2 N–H and O–H groups in total. The molecule has 3 heteroatoms. The van der Waals surface area contributed by atoms with Crippen molar-refractivity contribution in [1.82, 2.24) is 4.98 Å². The number of ether oxygens (including phenoxy) is 1. The van der Waals surface area contributed by atoms with Crippen molar-refractivity contribution in [3.8, 4) is 5.75 Å². The first-order valence-corrected chi connectivity index (χ1v) is 5.49. The standard InChI is InChI=1S/C13H16N2O/c1-10(14)7-9-16-12-6-2-4-11-5-3-8-15-13(11)12/h2-6,8,10H,7,9,14H2,1H3. The number of benzene rings is 1. The van der Waals surface area contributed by atoms with E-state index in [1.165, 1.54) is 0 Å². The number of para-hydroxylation sites is 1. The average Bonchev–Trinajstić information content (AvgIpc) is 2.29. The Morgan fingerprint density at radius 3 is 2.94 bits per heavy atom. The second-order valence-corrected chi connectivity index (χ2v) is 3.95. The minimum absolute atomic E-state index is 0.169. The van der Waals surface area contributed by atoms with Crippen LogP contribution in [0.4, 0.5) is 0 Å². The smallest absolute Gasteiger partial charge is 0.145 e. The van der Waals surface area contributed by atoms with E-state index in [0.29, 0.717) is 6.61 Å². The predicted octanol–water partition coefficient (Wildman–Crippen LogP) is 2.35. The molecule has 2 aromatic rings. The molecule has 2 rings (SSSR count). The minimum atomic E-state index is 0.169. The van der Waals surface area contributed by atoms with E-state index in [1.54, 1.807) is 6.20 Å². The number of fused-ring (bicyclic) bond motifs is 1. The molecule has 3 nitrogen and oxygen atoms in total. The van der Waals surface area contributed by atoms with E-state index in [4.69, 9.17) is 10.5 Å². The lowest BCUT2D eigenvalue weighted by atomic mass is 10.2. The maximum absolute atomic E-state index is 5.69. The van der Waals surface area contributed by atoms with Crippen LogP contribution in [0, 0.1) is 0 Å². The molecule has 84 valence electrons. The maximum Gasteiger partial charge on any atom is 0.145 e. The Morgan fingerprint density at radius 2 is 2.12 bits per heavy atom. The number of rotatable bonds is 4. The van der Waals surface area contributed by atoms with E-state index < -0.39 is 0 Å². The van der Waals surface area contributed by atoms with E-state index in [2.05, 4.69) is 4.98 Å². The van der Waals surface area contributed by atoms with Gasteiger partial charge in [-0.3, -0.25) is 4.98 Å². The van der Waals surface area contributed by atoms with Crippen molar-refractivity contribution in [3.05, 3.63) is 36.5 Å². The molecule has 1 atom stereocenters. The summed E-state index contributed by atoms with van der Waals surface area (Å²) in [4.78, 5) is 4.32. The molecule has 1 aromatic heterocycles. The highest BCUT2D eigenvalue weighted by molar-refractivity contribution is 5.84. The molecule has 0 radical (unpaired) electrons. The lowest BCUT2D eigenvalue weighted by Crippen LogP contribution is -2.18. The molecule has 0 bridgehead atoms. The summed E-state index contributed by atoms with van der Waals surface area (Å²) in [5.74, 6) is 0.832. The van der Waals surface area contributed by atoms with Crippen molar-refractivity contribution in [3.63, 3.8) is 0 Å². The van der Waals surface area contributed by atoms with Crippen molar-refractivity contribution in [2.75, 3.05) is 6.61 Å². The van der Waals surface area contributed by atoms with Crippen LogP contribution in [0.3, 0.4) is 0 Å². The molecule has 0 saturated carbocycles. The molecule has 1 heterocycles. The van der Waals surface area contributed by atoms with Gasteiger partial charge in [-0.2, -0.15) is 0 Å². The Labute approximate surface area is 95.2 Å². The van der Waals surface area contributed by atoms with Crippen molar-refractivity contribution in [1.29, 1.82) is 0 Å². The Hall–Kier alpha value is -1.61. The topological polar surface area (TPSA) is 48.1 Å². The van der Waals surface area contributed by atoms with Gasteiger partial charge in [0.15, 0.2) is 0 Å². The van der Waals surface area contributed by atoms with Gasteiger partial charge in [-0.1, -0.05) is 18.2 Å². The molecule has 0 fully saturated rings. The average molecular weight is 216 g/mol. The Balaban J connectivity index is 2.17. The molecule has 0 aliphatic carbocycles. The zero-order valence-electron chi connectivity index (χ0n) is 9.39. The van der Waals surface area contributed by atoms with Gasteiger partial charge in [-0.05, 0) is 25.5 Å². The van der Waals surface area contributed by atoms with Gasteiger partial charge in [0.05, 0.1) is 6.61 Å². The molecule has 0 spiro atoms. The number of nitrogens with zero attached hydrogens (tertiary/aromatic N) is 1. The second-order valence-electron chi connectivity index (χ2n) is 3.95. The van der Waals surface area contributed by atoms with E-state index in [0.717, 1.165) is 23.1 Å². The van der Waals surface area contributed by atoms with E-state index in [-0.39, 0.29) is 6.04 Å². The Morgan fingerprint density at radius 1 is 1.31 bits per heavy atom. The van der Waals surface area contributed by atoms with Gasteiger partial charge in [0.1, 0.15) is 11.3 Å². The van der Waals surface area contributed by atoms with Crippen LogP contribution >= 0.6 is 0 Å². The Bertz CT molecular complexity index is 463. The highest BCUT2D eigenvalue weighted by atomic mass is 16.5. The fourth-order valence-electron chi connectivity index (χ4n) is 1.55. The molecule has 1 aromatic carbocycles. The summed E-state index contributed by atoms with van der Waals surface area (Å²) < 4.78 is 5.69. The zero-order chi connectivity index (χ0) is 11.4. The van der Waals surface area contributed by atoms with E-state index >= 15 is 0 Å². The molecular formula is C13H16N2O. The van der Waals surface area contributed by atoms with Crippen molar-refractivity contribution < 1.29 is 4.74 Å². The van der Waals surface area contributed by atoms with Crippen LogP contribution < -0.4 is 10.5 Å². The lowest BCUT2D eigenvalue weighted by molar-refractivity contribution is 0.304. The van der Waals surface area contributed by atoms with E-state index in [1.807, 2.05) is 37.3 Å². The van der Waals surface area contributed by atoms with Gasteiger partial charge in [-0.25, -0.2) is 0 Å². The summed E-state index contributed by atoms with van der Waals surface area (Å²) >= 11 is 0. The van der Waals surface area contributed by atoms with Crippen LogP contribution in [0.15, 0.2) is 36.5 Å². The van der Waals surface area contributed by atoms with Crippen LogP contribution in [-0.2, 0) is 0 Å². The van der Waals surface area contributed by atoms with Crippen LogP contribution in [0.1, 0.15) is 13.3 Å². The fourth-order valence-corrected chi connectivity index (χ4v) is 1.55. The molecule has 1 unspecified atom stereocenters. The highest BCUT2D eigenvalue weighted by Gasteiger charge is 2.02. The lowest BCUT2D eigenvalue weighted by Gasteiger charge is -2.09. The number of nitrogens with two attached hydrogens (primary N) is 1. The molecule has 0 saturated heterocycles. The fraction of sp³-hybridized carbons (Fsp3) is 0.308.